The van der Waals surface area contributed by atoms with Gasteiger partial charge in [0.2, 0.25) is 0 Å². The van der Waals surface area contributed by atoms with E-state index in [9.17, 15) is 4.79 Å². The topological polar surface area (TPSA) is 42.0 Å². The van der Waals surface area contributed by atoms with E-state index in [1.165, 1.54) is 0 Å². The molecule has 1 atom stereocenters. The Morgan fingerprint density at radius 3 is 2.83 bits per heavy atom. The first-order valence-corrected chi connectivity index (χ1v) is 1.85. The van der Waals surface area contributed by atoms with Gasteiger partial charge < -0.3 is 4.79 Å². The van der Waals surface area contributed by atoms with E-state index in [0.29, 0.717) is 6.54 Å². The number of carbonyl (C=O) groups excluding carboxylic acids is 1. The smallest absolute Gasteiger partial charge is 0.135 e. The Kier molecular flexibility index (Phi) is 0.856. The van der Waals surface area contributed by atoms with Gasteiger partial charge in [0, 0.05) is 0 Å². The minimum atomic E-state index is 0.528. The van der Waals surface area contributed by atoms with Gasteiger partial charge in [0.05, 0.1) is 13.2 Å². The van der Waals surface area contributed by atoms with Crippen LogP contribution in [0.4, 0.5) is 0 Å². The summed E-state index contributed by atoms with van der Waals surface area (Å²) in [5.41, 5.74) is 2.84. The number of rotatable bonds is 2. The molecule has 1 unspecified atom stereocenters. The third-order valence-electron chi connectivity index (χ3n) is 0.677. The summed E-state index contributed by atoms with van der Waals surface area (Å²) < 4.78 is 0. The molecule has 1 aliphatic rings. The first kappa shape index (κ1) is 3.77. The molecule has 6 heavy (non-hydrogen) atoms. The molecule has 0 aromatic rings. The molecule has 0 radical (unpaired) electrons. The van der Waals surface area contributed by atoms with Crippen LogP contribution in [0.1, 0.15) is 0 Å². The van der Waals surface area contributed by atoms with Gasteiger partial charge in [-0.15, -0.1) is 0 Å². The van der Waals surface area contributed by atoms with Gasteiger partial charge in [0.15, 0.2) is 0 Å². The van der Waals surface area contributed by atoms with E-state index >= 15 is 0 Å². The van der Waals surface area contributed by atoms with Crippen LogP contribution in [0.15, 0.2) is 0 Å². The number of carbonyl (C=O) groups is 1. The summed E-state index contributed by atoms with van der Waals surface area (Å²) in [5, 5.41) is 1.81. The standard InChI is InChI=1S/C3H6N2O/c6-2-1-5-3-4-5/h2,4H,1,3H2. The molecule has 1 rings (SSSR count). The van der Waals surface area contributed by atoms with E-state index in [2.05, 4.69) is 5.43 Å². The lowest BCUT2D eigenvalue weighted by Gasteiger charge is -1.79. The van der Waals surface area contributed by atoms with Crippen LogP contribution >= 0.6 is 0 Å². The van der Waals surface area contributed by atoms with E-state index in [-0.39, 0.29) is 0 Å². The van der Waals surface area contributed by atoms with E-state index in [0.717, 1.165) is 13.0 Å². The summed E-state index contributed by atoms with van der Waals surface area (Å²) in [6, 6.07) is 0. The van der Waals surface area contributed by atoms with Crippen LogP contribution < -0.4 is 5.43 Å². The molecule has 1 N–H and O–H groups in total. The van der Waals surface area contributed by atoms with Gasteiger partial charge in [-0.2, -0.15) is 0 Å². The van der Waals surface area contributed by atoms with E-state index in [4.69, 9.17) is 0 Å². The fraction of sp³-hybridized carbons (Fsp3) is 0.667. The zero-order valence-corrected chi connectivity index (χ0v) is 3.35. The SMILES string of the molecule is O=CCN1CN1. The quantitative estimate of drug-likeness (QED) is 0.345. The molecule has 3 heteroatoms. The van der Waals surface area contributed by atoms with Crippen molar-refractivity contribution in [3.63, 3.8) is 0 Å². The van der Waals surface area contributed by atoms with Crippen molar-refractivity contribution in [2.24, 2.45) is 0 Å². The third-order valence-corrected chi connectivity index (χ3v) is 0.677. The highest BCUT2D eigenvalue weighted by Crippen LogP contribution is 1.87. The number of hydrazine groups is 1. The van der Waals surface area contributed by atoms with Gasteiger partial charge in [-0.25, -0.2) is 10.4 Å². The summed E-state index contributed by atoms with van der Waals surface area (Å²) in [6.45, 7) is 1.40. The number of aldehydes is 1. The molecule has 1 heterocycles. The normalized spacial score (nSPS) is 29.7. The minimum absolute atomic E-state index is 0.528. The first-order chi connectivity index (χ1) is 2.93. The van der Waals surface area contributed by atoms with E-state index < -0.39 is 0 Å². The molecular formula is C3H6N2O. The zero-order valence-electron chi connectivity index (χ0n) is 3.35. The summed E-state index contributed by atoms with van der Waals surface area (Å²) in [4.78, 5) is 9.57. The Morgan fingerprint density at radius 1 is 2.00 bits per heavy atom. The molecular weight excluding hydrogens is 80.0 g/mol. The number of nitrogens with one attached hydrogen (secondary N) is 1. The van der Waals surface area contributed by atoms with Gasteiger partial charge >= 0.3 is 0 Å². The van der Waals surface area contributed by atoms with Crippen LogP contribution in [0, 0.1) is 0 Å². The van der Waals surface area contributed by atoms with Crippen molar-refractivity contribution in [2.45, 2.75) is 0 Å². The van der Waals surface area contributed by atoms with Gasteiger partial charge in [-0.05, 0) is 0 Å². The predicted molar refractivity (Wildman–Crippen MR) is 20.8 cm³/mol. The Morgan fingerprint density at radius 2 is 2.67 bits per heavy atom. The molecule has 1 saturated heterocycles. The molecule has 0 amide bonds. The van der Waals surface area contributed by atoms with Gasteiger partial charge in [0.1, 0.15) is 6.29 Å². The molecule has 3 nitrogen and oxygen atoms in total. The number of hydrogen-bond acceptors (Lipinski definition) is 3. The second-order valence-corrected chi connectivity index (χ2v) is 1.21. The molecule has 0 aromatic carbocycles. The molecule has 0 bridgehead atoms. The fourth-order valence-electron chi connectivity index (χ4n) is 0.269. The zero-order chi connectivity index (χ0) is 4.41. The molecule has 0 aromatic heterocycles. The lowest BCUT2D eigenvalue weighted by Crippen LogP contribution is -2.02. The Bertz CT molecular complexity index is 59.8. The second kappa shape index (κ2) is 1.36. The molecule has 0 aliphatic carbocycles. The van der Waals surface area contributed by atoms with Crippen molar-refractivity contribution < 1.29 is 4.79 Å². The largest absolute Gasteiger partial charge is 0.302 e. The highest BCUT2D eigenvalue weighted by molar-refractivity contribution is 5.52. The Labute approximate surface area is 35.9 Å². The van der Waals surface area contributed by atoms with Crippen molar-refractivity contribution in [1.29, 1.82) is 0 Å². The van der Waals surface area contributed by atoms with Crippen LogP contribution in [0.2, 0.25) is 0 Å². The van der Waals surface area contributed by atoms with Gasteiger partial charge in [-0.3, -0.25) is 0 Å². The first-order valence-electron chi connectivity index (χ1n) is 1.85. The molecule has 0 spiro atoms. The van der Waals surface area contributed by atoms with Crippen LogP contribution in [0.5, 0.6) is 0 Å². The molecule has 0 saturated carbocycles. The van der Waals surface area contributed by atoms with E-state index in [1.807, 2.05) is 5.01 Å². The predicted octanol–water partition coefficient (Wildman–Crippen LogP) is -1.04. The van der Waals surface area contributed by atoms with Crippen LogP contribution in [-0.4, -0.2) is 24.5 Å². The van der Waals surface area contributed by atoms with Crippen molar-refractivity contribution in [3.05, 3.63) is 0 Å². The highest BCUT2D eigenvalue weighted by Gasteiger charge is 2.12. The maximum absolute atomic E-state index is 9.57. The monoisotopic (exact) mass is 86.0 g/mol. The third kappa shape index (κ3) is 0.771. The minimum Gasteiger partial charge on any atom is -0.302 e. The van der Waals surface area contributed by atoms with E-state index in [1.54, 1.807) is 0 Å². The summed E-state index contributed by atoms with van der Waals surface area (Å²) in [7, 11) is 0. The highest BCUT2D eigenvalue weighted by atomic mass is 16.1. The van der Waals surface area contributed by atoms with Gasteiger partial charge in [0.25, 0.3) is 0 Å². The fourth-order valence-corrected chi connectivity index (χ4v) is 0.269. The van der Waals surface area contributed by atoms with Crippen molar-refractivity contribution >= 4 is 6.29 Å². The van der Waals surface area contributed by atoms with Crippen LogP contribution in [0.25, 0.3) is 0 Å². The Hall–Kier alpha value is -0.410. The van der Waals surface area contributed by atoms with Crippen molar-refractivity contribution in [3.8, 4) is 0 Å². The molecule has 34 valence electrons. The van der Waals surface area contributed by atoms with Crippen LogP contribution in [-0.2, 0) is 4.79 Å². The maximum atomic E-state index is 9.57. The number of hydrogen-bond donors (Lipinski definition) is 1. The van der Waals surface area contributed by atoms with Crippen molar-refractivity contribution in [2.75, 3.05) is 13.2 Å². The molecule has 1 fully saturated rings. The average Bonchev–Trinajstić information content (AvgIpc) is 2.21. The lowest BCUT2D eigenvalue weighted by atomic mass is 10.7. The summed E-state index contributed by atoms with van der Waals surface area (Å²) in [5.74, 6) is 0. The van der Waals surface area contributed by atoms with Crippen LogP contribution in [0.3, 0.4) is 0 Å². The van der Waals surface area contributed by atoms with Crippen molar-refractivity contribution in [1.82, 2.24) is 10.4 Å². The second-order valence-electron chi connectivity index (χ2n) is 1.21. The summed E-state index contributed by atoms with van der Waals surface area (Å²) >= 11 is 0. The van der Waals surface area contributed by atoms with Gasteiger partial charge in [-0.1, -0.05) is 0 Å². The number of nitrogens with zero attached hydrogens (tertiary/aromatic N) is 1. The Balaban J connectivity index is 2.00. The molecule has 1 aliphatic heterocycles. The average molecular weight is 86.1 g/mol. The summed E-state index contributed by atoms with van der Waals surface area (Å²) in [6.07, 6.45) is 0.875. The lowest BCUT2D eigenvalue weighted by molar-refractivity contribution is -0.108. The maximum Gasteiger partial charge on any atom is 0.135 e.